The maximum Gasteiger partial charge on any atom is 0.338 e. The standard InChI is InChI=1S/C21H25N3O2.C19H21N3O2/c1-7-26-21(25)16-11-17-19(22-15(4)23(17)5)18(12-16)24(6)20-13(2)9-8-10-14(20)3;1-11-7-6-8-12(2)18(11)22(5)16-10-14(19(23)24)9-15-17(16)20-13(3)21(15)4/h8-12H,7H2,1-6H3;6-10H,1-5H3,(H,23,24)/i6D2;5D2. The molecule has 10 heteroatoms. The van der Waals surface area contributed by atoms with Crippen molar-refractivity contribution in [1.82, 2.24) is 19.1 Å². The van der Waals surface area contributed by atoms with Crippen molar-refractivity contribution < 1.29 is 24.9 Å². The fourth-order valence-electron chi connectivity index (χ4n) is 6.21. The number of hydrogen-bond donors (Lipinski definition) is 1. The topological polar surface area (TPSA) is 106 Å². The average Bonchev–Trinajstić information content (AvgIpc) is 3.56. The van der Waals surface area contributed by atoms with Gasteiger partial charge in [0.1, 0.15) is 22.7 Å². The Morgan fingerprint density at radius 3 is 1.50 bits per heavy atom. The van der Waals surface area contributed by atoms with Crippen LogP contribution in [0.25, 0.3) is 22.1 Å². The van der Waals surface area contributed by atoms with Crippen LogP contribution in [0.15, 0.2) is 60.7 Å². The quantitative estimate of drug-likeness (QED) is 0.168. The predicted molar refractivity (Wildman–Crippen MR) is 202 cm³/mol. The van der Waals surface area contributed by atoms with Crippen molar-refractivity contribution in [3.63, 3.8) is 0 Å². The summed E-state index contributed by atoms with van der Waals surface area (Å²) in [7, 11) is 3.70. The van der Waals surface area contributed by atoms with Crippen molar-refractivity contribution in [2.45, 2.75) is 48.5 Å². The normalized spacial score (nSPS) is 12.3. The third-order valence-corrected chi connectivity index (χ3v) is 9.02. The van der Waals surface area contributed by atoms with Crippen LogP contribution < -0.4 is 9.80 Å². The molecule has 6 rings (SSSR count). The summed E-state index contributed by atoms with van der Waals surface area (Å²) >= 11 is 0. The first-order valence-electron chi connectivity index (χ1n) is 18.5. The van der Waals surface area contributed by atoms with Gasteiger partial charge in [0.15, 0.2) is 0 Å². The number of fused-ring (bicyclic) bond motifs is 2. The summed E-state index contributed by atoms with van der Waals surface area (Å²) in [5.41, 5.74) is 9.39. The first-order chi connectivity index (χ1) is 25.5. The van der Waals surface area contributed by atoms with Gasteiger partial charge in [0.25, 0.3) is 0 Å². The number of carboxylic acids is 1. The minimum Gasteiger partial charge on any atom is -0.478 e. The van der Waals surface area contributed by atoms with E-state index >= 15 is 0 Å². The zero-order valence-electron chi connectivity index (χ0n) is 34.0. The Morgan fingerprint density at radius 1 is 0.720 bits per heavy atom. The molecule has 4 aromatic carbocycles. The molecule has 0 spiro atoms. The maximum atomic E-state index is 12.5. The third kappa shape index (κ3) is 6.53. The molecule has 0 unspecified atom stereocenters. The van der Waals surface area contributed by atoms with Gasteiger partial charge in [0.05, 0.1) is 40.1 Å². The van der Waals surface area contributed by atoms with Crippen molar-refractivity contribution in [3.05, 3.63) is 106 Å². The van der Waals surface area contributed by atoms with E-state index in [4.69, 9.17) is 10.2 Å². The van der Waals surface area contributed by atoms with Crippen LogP contribution >= 0.6 is 0 Å². The molecule has 0 bridgehead atoms. The van der Waals surface area contributed by atoms with Gasteiger partial charge < -0.3 is 28.8 Å². The Bertz CT molecular complexity index is 2350. The zero-order valence-corrected chi connectivity index (χ0v) is 30.0. The predicted octanol–water partition coefficient (Wildman–Crippen LogP) is 8.41. The molecule has 0 atom stereocenters. The Hall–Kier alpha value is -5.64. The molecule has 0 saturated carbocycles. The molecule has 6 aromatic rings. The Kier molecular flexibility index (Phi) is 8.56. The zero-order chi connectivity index (χ0) is 39.8. The number of carbonyl (C=O) groups excluding carboxylic acids is 1. The van der Waals surface area contributed by atoms with Crippen molar-refractivity contribution in [2.75, 3.05) is 30.4 Å². The number of hydrogen-bond acceptors (Lipinski definition) is 7. The molecular formula is C40H46N6O4. The Balaban J connectivity index is 0.000000208. The van der Waals surface area contributed by atoms with E-state index in [1.165, 1.54) is 11.0 Å². The second-order valence-electron chi connectivity index (χ2n) is 12.4. The van der Waals surface area contributed by atoms with E-state index in [9.17, 15) is 14.7 Å². The van der Waals surface area contributed by atoms with Gasteiger partial charge in [-0.3, -0.25) is 0 Å². The minimum absolute atomic E-state index is 0.104. The number of carboxylic acid groups (broad SMARTS) is 1. The van der Waals surface area contributed by atoms with Crippen LogP contribution in [0.5, 0.6) is 0 Å². The smallest absolute Gasteiger partial charge is 0.338 e. The summed E-state index contributed by atoms with van der Waals surface area (Å²) in [5, 5.41) is 9.52. The summed E-state index contributed by atoms with van der Waals surface area (Å²) in [6.45, 7) is 10.8. The molecule has 260 valence electrons. The van der Waals surface area contributed by atoms with Gasteiger partial charge in [0.2, 0.25) is 0 Å². The fraction of sp³-hybridized carbons (Fsp3) is 0.300. The number of rotatable bonds is 7. The molecule has 50 heavy (non-hydrogen) atoms. The maximum absolute atomic E-state index is 12.5. The summed E-state index contributed by atoms with van der Waals surface area (Å²) in [6.07, 6.45) is 0. The summed E-state index contributed by atoms with van der Waals surface area (Å²) < 4.78 is 41.6. The monoisotopic (exact) mass is 678 g/mol. The van der Waals surface area contributed by atoms with E-state index in [0.29, 0.717) is 33.5 Å². The second-order valence-corrected chi connectivity index (χ2v) is 12.4. The van der Waals surface area contributed by atoms with Crippen LogP contribution in [-0.4, -0.2) is 56.8 Å². The van der Waals surface area contributed by atoms with Crippen LogP contribution in [0.3, 0.4) is 0 Å². The molecule has 10 nitrogen and oxygen atoms in total. The number of para-hydroxylation sites is 2. The molecule has 2 aromatic heterocycles. The highest BCUT2D eigenvalue weighted by Crippen LogP contribution is 2.37. The number of imidazole rings is 2. The largest absolute Gasteiger partial charge is 0.478 e. The highest BCUT2D eigenvalue weighted by atomic mass is 16.5. The highest BCUT2D eigenvalue weighted by Gasteiger charge is 2.21. The SMILES string of the molecule is [2H]C([2H])N(c1c(C)cccc1C)c1cc(C(=O)O)cc2c1nc(C)n2C.[2H]C([2H])N(c1c(C)cccc1C)c1cc(C(=O)OCC)cc2c1nc(C)n2C. The van der Waals surface area contributed by atoms with Crippen molar-refractivity contribution >= 4 is 56.8 Å². The van der Waals surface area contributed by atoms with E-state index in [-0.39, 0.29) is 12.2 Å². The van der Waals surface area contributed by atoms with Crippen molar-refractivity contribution in [2.24, 2.45) is 14.1 Å². The van der Waals surface area contributed by atoms with E-state index in [1.54, 1.807) is 30.0 Å². The number of anilines is 4. The number of ether oxygens (including phenoxy) is 1. The van der Waals surface area contributed by atoms with Gasteiger partial charge >= 0.3 is 11.9 Å². The Morgan fingerprint density at radius 2 is 1.12 bits per heavy atom. The number of aromatic nitrogens is 4. The molecule has 0 radical (unpaired) electrons. The highest BCUT2D eigenvalue weighted by molar-refractivity contribution is 6.01. The van der Waals surface area contributed by atoms with Gasteiger partial charge in [-0.25, -0.2) is 19.6 Å². The lowest BCUT2D eigenvalue weighted by Gasteiger charge is -2.24. The fourth-order valence-corrected chi connectivity index (χ4v) is 6.21. The molecule has 0 saturated heterocycles. The van der Waals surface area contributed by atoms with Crippen LogP contribution in [0.2, 0.25) is 0 Å². The van der Waals surface area contributed by atoms with Gasteiger partial charge in [-0.2, -0.15) is 0 Å². The van der Waals surface area contributed by atoms with Gasteiger partial charge in [-0.1, -0.05) is 36.4 Å². The minimum atomic E-state index is -1.36. The van der Waals surface area contributed by atoms with Crippen LogP contribution in [0.4, 0.5) is 22.7 Å². The number of aromatic carboxylic acids is 1. The van der Waals surface area contributed by atoms with E-state index in [1.807, 2.05) is 101 Å². The average molecular weight is 679 g/mol. The van der Waals surface area contributed by atoms with E-state index < -0.39 is 25.9 Å². The molecule has 1 N–H and O–H groups in total. The molecule has 0 aliphatic carbocycles. The lowest BCUT2D eigenvalue weighted by atomic mass is 10.1. The molecule has 0 fully saturated rings. The van der Waals surface area contributed by atoms with Gasteiger partial charge in [-0.15, -0.1) is 0 Å². The van der Waals surface area contributed by atoms with Crippen LogP contribution in [0, 0.1) is 41.5 Å². The van der Waals surface area contributed by atoms with Crippen LogP contribution in [-0.2, 0) is 18.8 Å². The molecule has 0 aliphatic rings. The lowest BCUT2D eigenvalue weighted by molar-refractivity contribution is 0.0526. The Labute approximate surface area is 299 Å². The molecule has 0 amide bonds. The second kappa shape index (κ2) is 14.1. The number of carbonyl (C=O) groups is 2. The third-order valence-electron chi connectivity index (χ3n) is 9.02. The van der Waals surface area contributed by atoms with E-state index in [2.05, 4.69) is 9.97 Å². The number of benzene rings is 4. The number of aryl methyl sites for hydroxylation is 8. The first kappa shape index (κ1) is 30.4. The van der Waals surface area contributed by atoms with Crippen LogP contribution in [0.1, 0.15) is 67.0 Å². The summed E-state index contributed by atoms with van der Waals surface area (Å²) in [5.74, 6) is 0.0272. The number of esters is 1. The molecular weight excluding hydrogens is 628 g/mol. The van der Waals surface area contributed by atoms with Gasteiger partial charge in [-0.05, 0) is 95.0 Å². The molecule has 2 heterocycles. The van der Waals surface area contributed by atoms with Gasteiger partial charge in [0, 0.05) is 45.0 Å². The molecule has 0 aliphatic heterocycles. The van der Waals surface area contributed by atoms with E-state index in [0.717, 1.165) is 50.8 Å². The van der Waals surface area contributed by atoms with Crippen molar-refractivity contribution in [3.8, 4) is 0 Å². The lowest BCUT2D eigenvalue weighted by Crippen LogP contribution is -2.14. The first-order valence-corrected chi connectivity index (χ1v) is 16.2. The van der Waals surface area contributed by atoms with Crippen molar-refractivity contribution in [1.29, 1.82) is 0 Å². The summed E-state index contributed by atoms with van der Waals surface area (Å²) in [4.78, 5) is 36.5. The summed E-state index contributed by atoms with van der Waals surface area (Å²) in [6, 6.07) is 18.1. The number of nitrogens with zero attached hydrogens (tertiary/aromatic N) is 6.